The van der Waals surface area contributed by atoms with Gasteiger partial charge in [0.1, 0.15) is 16.2 Å². The van der Waals surface area contributed by atoms with E-state index in [0.29, 0.717) is 12.1 Å². The summed E-state index contributed by atoms with van der Waals surface area (Å²) in [5.41, 5.74) is -10.2. The highest BCUT2D eigenvalue weighted by Gasteiger charge is 2.74. The number of carbonyl (C=O) groups excluding carboxylic acids is 1. The quantitative estimate of drug-likeness (QED) is 0.354. The van der Waals surface area contributed by atoms with Gasteiger partial charge in [-0.15, -0.1) is 0 Å². The lowest BCUT2D eigenvalue weighted by molar-refractivity contribution is -0.348. The third-order valence-corrected chi connectivity index (χ3v) is 13.3. The zero-order valence-corrected chi connectivity index (χ0v) is 24.3. The maximum Gasteiger partial charge on any atom is 0.435 e. The molecule has 2 saturated heterocycles. The second-order valence-corrected chi connectivity index (χ2v) is 16.1. The van der Waals surface area contributed by atoms with Crippen LogP contribution in [-0.4, -0.2) is 70.6 Å². The highest BCUT2D eigenvalue weighted by atomic mass is 32.2. The molecule has 2 heterocycles. The van der Waals surface area contributed by atoms with Gasteiger partial charge in [-0.25, -0.2) is 21.4 Å². The van der Waals surface area contributed by atoms with E-state index in [9.17, 15) is 57.7 Å². The summed E-state index contributed by atoms with van der Waals surface area (Å²) in [6.45, 7) is -0.304. The van der Waals surface area contributed by atoms with Crippen LogP contribution in [0.5, 0.6) is 0 Å². The molecular formula is C27H26F8N2O5S2. The fourth-order valence-electron chi connectivity index (χ4n) is 6.67. The topological polar surface area (TPSA) is 116 Å². The largest absolute Gasteiger partial charge is 0.435 e. The van der Waals surface area contributed by atoms with E-state index in [1.165, 1.54) is 0 Å². The predicted octanol–water partition coefficient (Wildman–Crippen LogP) is 4.90. The first-order chi connectivity index (χ1) is 20.1. The van der Waals surface area contributed by atoms with E-state index in [1.54, 1.807) is 0 Å². The maximum absolute atomic E-state index is 15.0. The number of amides is 1. The molecule has 2 aromatic rings. The zero-order chi connectivity index (χ0) is 32.7. The van der Waals surface area contributed by atoms with Gasteiger partial charge < -0.3 is 10.0 Å². The summed E-state index contributed by atoms with van der Waals surface area (Å²) < 4.78 is 156. The van der Waals surface area contributed by atoms with Crippen LogP contribution >= 0.6 is 0 Å². The van der Waals surface area contributed by atoms with Gasteiger partial charge in [0.2, 0.25) is 0 Å². The highest BCUT2D eigenvalue weighted by molar-refractivity contribution is 7.92. The molecule has 5 rings (SSSR count). The normalized spacial score (nSPS) is 29.7. The van der Waals surface area contributed by atoms with Gasteiger partial charge in [0.25, 0.3) is 5.91 Å². The smallest absolute Gasteiger partial charge is 0.380 e. The van der Waals surface area contributed by atoms with Crippen molar-refractivity contribution in [3.8, 4) is 0 Å². The Kier molecular flexibility index (Phi) is 7.49. The number of hydrogen-bond acceptors (Lipinski definition) is 6. The molecule has 1 unspecified atom stereocenters. The number of carbonyl (C=O) groups is 1. The minimum absolute atomic E-state index is 0.230. The Bertz CT molecular complexity index is 1680. The maximum atomic E-state index is 15.0. The van der Waals surface area contributed by atoms with Gasteiger partial charge in [-0.05, 0) is 67.5 Å². The number of aryl methyl sites for hydroxylation is 1. The molecule has 17 heteroatoms. The number of aliphatic hydroxyl groups is 1. The second kappa shape index (κ2) is 10.1. The van der Waals surface area contributed by atoms with E-state index in [1.807, 2.05) is 0 Å². The van der Waals surface area contributed by atoms with Crippen molar-refractivity contribution in [1.82, 2.24) is 4.90 Å². The van der Waals surface area contributed by atoms with Gasteiger partial charge in [0.15, 0.2) is 9.84 Å². The van der Waals surface area contributed by atoms with E-state index in [0.717, 1.165) is 29.2 Å². The SMILES string of the molecule is N=S1(=O)CCC(O)(C(=O)N2CCC3(S(=O)(=O)c4ccc(F)cc4)c4ccc(C(F)(C(F)(F)F)C(F)(F)F)cc4CC[C@@H]23)CC1. The van der Waals surface area contributed by atoms with E-state index in [-0.39, 0.29) is 60.9 Å². The molecule has 0 saturated carbocycles. The van der Waals surface area contributed by atoms with Crippen molar-refractivity contribution in [3.63, 3.8) is 0 Å². The zero-order valence-electron chi connectivity index (χ0n) is 22.6. The molecule has 7 nitrogen and oxygen atoms in total. The number of fused-ring (bicyclic) bond motifs is 3. The first-order valence-electron chi connectivity index (χ1n) is 13.3. The molecule has 0 radical (unpaired) electrons. The van der Waals surface area contributed by atoms with Crippen LogP contribution < -0.4 is 0 Å². The van der Waals surface area contributed by atoms with Gasteiger partial charge in [0.05, 0.1) is 10.9 Å². The Morgan fingerprint density at radius 3 is 2.07 bits per heavy atom. The molecule has 2 N–H and O–H groups in total. The number of sulfone groups is 1. The molecule has 2 atom stereocenters. The first-order valence-corrected chi connectivity index (χ1v) is 16.7. The van der Waals surface area contributed by atoms with Crippen LogP contribution in [0.4, 0.5) is 35.1 Å². The Morgan fingerprint density at radius 1 is 0.955 bits per heavy atom. The molecule has 2 aromatic carbocycles. The Labute approximate surface area is 247 Å². The second-order valence-electron chi connectivity index (χ2n) is 11.4. The van der Waals surface area contributed by atoms with Crippen LogP contribution in [0.15, 0.2) is 47.4 Å². The van der Waals surface area contributed by atoms with E-state index in [2.05, 4.69) is 0 Å². The number of nitrogens with zero attached hydrogens (tertiary/aromatic N) is 1. The van der Waals surface area contributed by atoms with Crippen molar-refractivity contribution in [1.29, 1.82) is 4.78 Å². The summed E-state index contributed by atoms with van der Waals surface area (Å²) in [5.74, 6) is -2.28. The molecule has 2 fully saturated rings. The fourth-order valence-corrected chi connectivity index (χ4v) is 10.6. The Balaban J connectivity index is 1.67. The molecule has 0 spiro atoms. The molecule has 3 aliphatic rings. The number of likely N-dealkylation sites (tertiary alicyclic amines) is 1. The third-order valence-electron chi connectivity index (χ3n) is 9.02. The van der Waals surface area contributed by atoms with Gasteiger partial charge in [-0.3, -0.25) is 9.57 Å². The molecule has 0 aromatic heterocycles. The van der Waals surface area contributed by atoms with Crippen molar-refractivity contribution in [2.45, 2.75) is 71.4 Å². The lowest BCUT2D eigenvalue weighted by atomic mass is 9.76. The van der Waals surface area contributed by atoms with Crippen molar-refractivity contribution in [3.05, 3.63) is 65.0 Å². The highest BCUT2D eigenvalue weighted by Crippen LogP contribution is 2.57. The molecule has 44 heavy (non-hydrogen) atoms. The van der Waals surface area contributed by atoms with Crippen LogP contribution in [0.1, 0.15) is 42.4 Å². The average Bonchev–Trinajstić information content (AvgIpc) is 3.34. The monoisotopic (exact) mass is 674 g/mol. The Morgan fingerprint density at radius 2 is 1.52 bits per heavy atom. The molecule has 0 bridgehead atoms. The molecule has 1 amide bonds. The van der Waals surface area contributed by atoms with Crippen LogP contribution in [0.3, 0.4) is 0 Å². The van der Waals surface area contributed by atoms with E-state index in [4.69, 9.17) is 4.78 Å². The van der Waals surface area contributed by atoms with E-state index >= 15 is 0 Å². The lowest BCUT2D eigenvalue weighted by Crippen LogP contribution is -2.58. The van der Waals surface area contributed by atoms with Crippen LogP contribution in [-0.2, 0) is 41.2 Å². The van der Waals surface area contributed by atoms with E-state index < -0.39 is 82.6 Å². The standard InChI is InChI=1S/C27H26F8N2O5S2/c28-18-3-5-19(6-4-18)44(41,42)24-9-12-37(22(38)23(39)10-13-43(36,40)14-11-23)21(24)8-1-16-15-17(2-7-20(16)24)25(29,26(30,31)32)27(33,34)35/h2-7,15,21,36,39H,1,8-14H2/t21-,23?,24?,43?/m1/s1. The predicted molar refractivity (Wildman–Crippen MR) is 140 cm³/mol. The number of halogens is 8. The fraction of sp³-hybridized carbons (Fsp3) is 0.519. The molecule has 1 aliphatic carbocycles. The first kappa shape index (κ1) is 32.6. The van der Waals surface area contributed by atoms with Gasteiger partial charge in [-0.1, -0.05) is 18.2 Å². The molecule has 242 valence electrons. The minimum atomic E-state index is -6.40. The molecular weight excluding hydrogens is 648 g/mol. The summed E-state index contributed by atoms with van der Waals surface area (Å²) in [7, 11) is -7.72. The minimum Gasteiger partial charge on any atom is -0.380 e. The third kappa shape index (κ3) is 4.71. The van der Waals surface area contributed by atoms with Crippen molar-refractivity contribution < 1.29 is 57.7 Å². The van der Waals surface area contributed by atoms with Crippen LogP contribution in [0, 0.1) is 10.6 Å². The summed E-state index contributed by atoms with van der Waals surface area (Å²) >= 11 is 0. The Hall–Kier alpha value is -2.79. The average molecular weight is 675 g/mol. The van der Waals surface area contributed by atoms with Crippen molar-refractivity contribution >= 4 is 25.5 Å². The van der Waals surface area contributed by atoms with Gasteiger partial charge in [0, 0.05) is 33.3 Å². The number of benzene rings is 2. The van der Waals surface area contributed by atoms with Crippen molar-refractivity contribution in [2.75, 3.05) is 18.1 Å². The number of alkyl halides is 7. The number of hydrogen-bond donors (Lipinski definition) is 2. The summed E-state index contributed by atoms with van der Waals surface area (Å²) in [4.78, 5) is 14.4. The van der Waals surface area contributed by atoms with Crippen LogP contribution in [0.25, 0.3) is 0 Å². The summed E-state index contributed by atoms with van der Waals surface area (Å²) in [6.07, 6.45) is -14.5. The molecule has 2 aliphatic heterocycles. The summed E-state index contributed by atoms with van der Waals surface area (Å²) in [6, 6.07) is 3.54. The lowest BCUT2D eigenvalue weighted by Gasteiger charge is -2.44. The number of rotatable bonds is 4. The van der Waals surface area contributed by atoms with Gasteiger partial charge >= 0.3 is 18.0 Å². The van der Waals surface area contributed by atoms with Crippen molar-refractivity contribution in [2.24, 2.45) is 0 Å². The summed E-state index contributed by atoms with van der Waals surface area (Å²) in [5, 5.41) is 11.2. The van der Waals surface area contributed by atoms with Gasteiger partial charge in [-0.2, -0.15) is 26.3 Å². The number of nitrogens with one attached hydrogen (secondary N) is 1. The van der Waals surface area contributed by atoms with Crippen LogP contribution in [0.2, 0.25) is 0 Å².